The Morgan fingerprint density at radius 1 is 1.00 bits per heavy atom. The lowest BCUT2D eigenvalue weighted by Crippen LogP contribution is -2.29. The van der Waals surface area contributed by atoms with Crippen molar-refractivity contribution in [1.82, 2.24) is 4.98 Å². The van der Waals surface area contributed by atoms with Gasteiger partial charge < -0.3 is 19.3 Å². The normalized spacial score (nSPS) is 16.5. The average Bonchev–Trinajstić information content (AvgIpc) is 3.50. The second-order valence-corrected chi connectivity index (χ2v) is 11.1. The highest BCUT2D eigenvalue weighted by molar-refractivity contribution is 7.22. The number of benzene rings is 3. The van der Waals surface area contributed by atoms with Crippen LogP contribution >= 0.6 is 11.3 Å². The quantitative estimate of drug-likeness (QED) is 0.127. The second kappa shape index (κ2) is 12.0. The van der Waals surface area contributed by atoms with Crippen molar-refractivity contribution < 1.29 is 28.9 Å². The van der Waals surface area contributed by atoms with E-state index in [1.165, 1.54) is 16.2 Å². The van der Waals surface area contributed by atoms with Crippen LogP contribution in [0.4, 0.5) is 5.13 Å². The van der Waals surface area contributed by atoms with Gasteiger partial charge in [-0.1, -0.05) is 37.3 Å². The summed E-state index contributed by atoms with van der Waals surface area (Å²) >= 11 is 1.28. The van der Waals surface area contributed by atoms with Crippen molar-refractivity contribution >= 4 is 44.1 Å². The summed E-state index contributed by atoms with van der Waals surface area (Å²) < 4.78 is 17.7. The number of Topliss-reactive ketones (excluding diaryl/α,β-unsaturated/α-hetero) is 1. The van der Waals surface area contributed by atoms with Gasteiger partial charge in [-0.3, -0.25) is 14.5 Å². The van der Waals surface area contributed by atoms with Gasteiger partial charge in [0.15, 0.2) is 5.13 Å². The summed E-state index contributed by atoms with van der Waals surface area (Å²) in [4.78, 5) is 33.3. The molecule has 0 aliphatic carbocycles. The maximum atomic E-state index is 13.6. The lowest BCUT2D eigenvalue weighted by molar-refractivity contribution is -0.132. The molecule has 1 N–H and O–H groups in total. The zero-order chi connectivity index (χ0) is 29.1. The maximum Gasteiger partial charge on any atom is 0.301 e. The molecule has 0 saturated carbocycles. The van der Waals surface area contributed by atoms with Gasteiger partial charge >= 0.3 is 5.91 Å². The fraction of sp³-hybridized carbons (Fsp3) is 0.281. The summed E-state index contributed by atoms with van der Waals surface area (Å²) in [7, 11) is 1.58. The Kier molecular flexibility index (Phi) is 8.26. The number of methoxy groups -OCH3 is 1. The summed E-state index contributed by atoms with van der Waals surface area (Å²) in [6.45, 7) is 7.17. The molecule has 1 aliphatic heterocycles. The summed E-state index contributed by atoms with van der Waals surface area (Å²) in [6, 6.07) is 18.6. The van der Waals surface area contributed by atoms with Crippen molar-refractivity contribution in [1.29, 1.82) is 0 Å². The Morgan fingerprint density at radius 2 is 1.76 bits per heavy atom. The number of thiazole rings is 1. The molecule has 3 aromatic carbocycles. The molecular formula is C32H32N2O6S. The van der Waals surface area contributed by atoms with Crippen LogP contribution in [0, 0.1) is 5.92 Å². The van der Waals surface area contributed by atoms with Crippen LogP contribution in [0.5, 0.6) is 17.2 Å². The topological polar surface area (TPSA) is 98.2 Å². The lowest BCUT2D eigenvalue weighted by Gasteiger charge is -2.23. The predicted octanol–water partition coefficient (Wildman–Crippen LogP) is 6.75. The first-order chi connectivity index (χ1) is 19.8. The van der Waals surface area contributed by atoms with E-state index < -0.39 is 17.7 Å². The number of carbonyl (C=O) groups is 2. The van der Waals surface area contributed by atoms with Gasteiger partial charge in [-0.2, -0.15) is 0 Å². The third-order valence-corrected chi connectivity index (χ3v) is 7.83. The van der Waals surface area contributed by atoms with E-state index in [0.717, 1.165) is 11.1 Å². The molecule has 8 nitrogen and oxygen atoms in total. The van der Waals surface area contributed by atoms with Gasteiger partial charge in [-0.15, -0.1) is 0 Å². The molecule has 1 unspecified atom stereocenters. The molecule has 1 saturated heterocycles. The molecule has 1 aliphatic rings. The van der Waals surface area contributed by atoms with Crippen LogP contribution in [0.15, 0.2) is 72.3 Å². The fourth-order valence-corrected chi connectivity index (χ4v) is 5.71. The molecule has 41 heavy (non-hydrogen) atoms. The molecule has 1 amide bonds. The minimum absolute atomic E-state index is 0.0182. The SMILES string of the molecule is CCOc1ccc(/C(O)=C2\C(=O)C(=O)N(c3nc4ccc(OC)cc4s3)C2c2cccc(OCCC(C)C)c2)cc1. The predicted molar refractivity (Wildman–Crippen MR) is 160 cm³/mol. The van der Waals surface area contributed by atoms with E-state index in [1.54, 1.807) is 37.4 Å². The number of amides is 1. The maximum absolute atomic E-state index is 13.6. The second-order valence-electron chi connectivity index (χ2n) is 10.1. The minimum Gasteiger partial charge on any atom is -0.507 e. The Hall–Kier alpha value is -4.37. The van der Waals surface area contributed by atoms with Crippen molar-refractivity contribution in [2.24, 2.45) is 5.92 Å². The molecule has 4 aromatic rings. The number of aliphatic hydroxyl groups excluding tert-OH is 1. The van der Waals surface area contributed by atoms with Crippen LogP contribution in [-0.2, 0) is 9.59 Å². The van der Waals surface area contributed by atoms with Crippen LogP contribution in [0.25, 0.3) is 16.0 Å². The number of aliphatic hydroxyl groups is 1. The Labute approximate surface area is 242 Å². The third kappa shape index (κ3) is 5.76. The molecule has 1 fully saturated rings. The van der Waals surface area contributed by atoms with Crippen LogP contribution in [0.1, 0.15) is 44.4 Å². The van der Waals surface area contributed by atoms with Crippen molar-refractivity contribution in [3.8, 4) is 17.2 Å². The number of ketones is 1. The molecule has 0 radical (unpaired) electrons. The summed E-state index contributed by atoms with van der Waals surface area (Å²) in [6.07, 6.45) is 0.885. The van der Waals surface area contributed by atoms with E-state index in [2.05, 4.69) is 18.8 Å². The van der Waals surface area contributed by atoms with E-state index in [0.29, 0.717) is 58.2 Å². The van der Waals surface area contributed by atoms with Gasteiger partial charge in [-0.25, -0.2) is 4.98 Å². The number of rotatable bonds is 10. The zero-order valence-corrected chi connectivity index (χ0v) is 24.2. The highest BCUT2D eigenvalue weighted by Crippen LogP contribution is 2.45. The summed E-state index contributed by atoms with van der Waals surface area (Å²) in [5.74, 6) is 0.572. The third-order valence-electron chi connectivity index (χ3n) is 6.81. The largest absolute Gasteiger partial charge is 0.507 e. The average molecular weight is 573 g/mol. The van der Waals surface area contributed by atoms with E-state index >= 15 is 0 Å². The molecule has 5 rings (SSSR count). The smallest absolute Gasteiger partial charge is 0.301 e. The Balaban J connectivity index is 1.63. The van der Waals surface area contributed by atoms with Crippen LogP contribution in [-0.4, -0.2) is 42.1 Å². The zero-order valence-electron chi connectivity index (χ0n) is 23.4. The molecule has 1 atom stereocenters. The highest BCUT2D eigenvalue weighted by Gasteiger charge is 2.48. The standard InChI is InChI=1S/C32H32N2O6S/c1-5-39-22-11-9-20(10-12-22)29(35)27-28(21-7-6-8-24(17-21)40-16-15-19(2)3)34(31(37)30(27)36)32-33-25-14-13-23(38-4)18-26(25)41-32/h6-14,17-19,28,35H,5,15-16H2,1-4H3/b29-27+. The van der Waals surface area contributed by atoms with Gasteiger partial charge in [0.25, 0.3) is 5.78 Å². The number of anilines is 1. The van der Waals surface area contributed by atoms with Crippen molar-refractivity contribution in [2.75, 3.05) is 25.2 Å². The van der Waals surface area contributed by atoms with Gasteiger partial charge in [0.05, 0.1) is 42.2 Å². The van der Waals surface area contributed by atoms with Crippen molar-refractivity contribution in [3.05, 3.63) is 83.4 Å². The molecule has 1 aromatic heterocycles. The Bertz CT molecular complexity index is 1610. The van der Waals surface area contributed by atoms with E-state index in [-0.39, 0.29) is 11.3 Å². The molecule has 0 bridgehead atoms. The molecule has 9 heteroatoms. The lowest BCUT2D eigenvalue weighted by atomic mass is 9.95. The number of ether oxygens (including phenoxy) is 3. The fourth-order valence-electron chi connectivity index (χ4n) is 4.69. The molecular weight excluding hydrogens is 540 g/mol. The van der Waals surface area contributed by atoms with E-state index in [1.807, 2.05) is 43.3 Å². The van der Waals surface area contributed by atoms with Gasteiger partial charge in [0, 0.05) is 5.56 Å². The molecule has 2 heterocycles. The molecule has 212 valence electrons. The van der Waals surface area contributed by atoms with Crippen LogP contribution < -0.4 is 19.1 Å². The number of fused-ring (bicyclic) bond motifs is 1. The van der Waals surface area contributed by atoms with Gasteiger partial charge in [-0.05, 0) is 79.4 Å². The first kappa shape index (κ1) is 28.2. The monoisotopic (exact) mass is 572 g/mol. The number of nitrogens with zero attached hydrogens (tertiary/aromatic N) is 2. The number of carbonyl (C=O) groups excluding carboxylic acids is 2. The first-order valence-corrected chi connectivity index (χ1v) is 14.3. The van der Waals surface area contributed by atoms with E-state index in [4.69, 9.17) is 14.2 Å². The van der Waals surface area contributed by atoms with Crippen molar-refractivity contribution in [3.63, 3.8) is 0 Å². The summed E-state index contributed by atoms with van der Waals surface area (Å²) in [5, 5.41) is 11.8. The van der Waals surface area contributed by atoms with Crippen LogP contribution in [0.3, 0.4) is 0 Å². The summed E-state index contributed by atoms with van der Waals surface area (Å²) in [5.41, 5.74) is 1.67. The van der Waals surface area contributed by atoms with E-state index in [9.17, 15) is 14.7 Å². The van der Waals surface area contributed by atoms with Crippen LogP contribution in [0.2, 0.25) is 0 Å². The molecule has 0 spiro atoms. The highest BCUT2D eigenvalue weighted by atomic mass is 32.1. The van der Waals surface area contributed by atoms with Gasteiger partial charge in [0.1, 0.15) is 23.0 Å². The number of hydrogen-bond donors (Lipinski definition) is 1. The number of hydrogen-bond acceptors (Lipinski definition) is 8. The minimum atomic E-state index is -0.919. The Morgan fingerprint density at radius 3 is 2.46 bits per heavy atom. The number of aromatic nitrogens is 1. The van der Waals surface area contributed by atoms with Gasteiger partial charge in [0.2, 0.25) is 0 Å². The first-order valence-electron chi connectivity index (χ1n) is 13.5. The van der Waals surface area contributed by atoms with Crippen molar-refractivity contribution in [2.45, 2.75) is 33.2 Å².